The molecule has 4 rings (SSSR count). The standard InChI is InChI=1S/2C14H9F3N4O3/c2*1-2-7-23-19-8-18-12(22)10-5-3-9(4-6-10)11-20-13(24-21-11)14(15,16)17/h2*1,3-6,8H,7H2,(H,18,19,22). The van der Waals surface area contributed by atoms with E-state index in [-0.39, 0.29) is 47.1 Å². The van der Waals surface area contributed by atoms with Crippen molar-refractivity contribution in [1.82, 2.24) is 30.9 Å². The van der Waals surface area contributed by atoms with Crippen LogP contribution in [-0.2, 0) is 22.0 Å². The van der Waals surface area contributed by atoms with Gasteiger partial charge in [0.1, 0.15) is 12.7 Å². The molecule has 2 amide bonds. The van der Waals surface area contributed by atoms with Crippen LogP contribution in [0.4, 0.5) is 26.3 Å². The van der Waals surface area contributed by atoms with E-state index < -0.39 is 35.9 Å². The highest BCUT2D eigenvalue weighted by atomic mass is 19.4. The van der Waals surface area contributed by atoms with E-state index in [4.69, 9.17) is 12.8 Å². The first-order valence-corrected chi connectivity index (χ1v) is 12.6. The molecule has 48 heavy (non-hydrogen) atoms. The molecule has 0 spiro atoms. The molecule has 0 unspecified atom stereocenters. The van der Waals surface area contributed by atoms with Crippen LogP contribution in [0.2, 0.25) is 0 Å². The molecule has 248 valence electrons. The fourth-order valence-corrected chi connectivity index (χ4v) is 3.01. The summed E-state index contributed by atoms with van der Waals surface area (Å²) >= 11 is 0. The molecule has 4 aromatic rings. The summed E-state index contributed by atoms with van der Waals surface area (Å²) in [6, 6.07) is 11.0. The van der Waals surface area contributed by atoms with Gasteiger partial charge in [0.05, 0.1) is 0 Å². The number of alkyl halides is 6. The average molecular weight is 676 g/mol. The number of oxime groups is 2. The number of carbonyl (C=O) groups is 2. The molecule has 14 nitrogen and oxygen atoms in total. The smallest absolute Gasteiger partial charge is 0.381 e. The zero-order valence-electron chi connectivity index (χ0n) is 23.7. The van der Waals surface area contributed by atoms with Crippen LogP contribution in [0.25, 0.3) is 22.8 Å². The lowest BCUT2D eigenvalue weighted by Gasteiger charge is -2.00. The summed E-state index contributed by atoms with van der Waals surface area (Å²) in [5, 5.41) is 17.9. The molecule has 0 saturated carbocycles. The van der Waals surface area contributed by atoms with Crippen molar-refractivity contribution in [2.24, 2.45) is 10.3 Å². The van der Waals surface area contributed by atoms with Crippen molar-refractivity contribution in [1.29, 1.82) is 0 Å². The van der Waals surface area contributed by atoms with Crippen LogP contribution >= 0.6 is 0 Å². The minimum atomic E-state index is -4.72. The number of hydrogen-bond acceptors (Lipinski definition) is 12. The van der Waals surface area contributed by atoms with Gasteiger partial charge < -0.3 is 29.4 Å². The molecular formula is C28H18F6N8O6. The molecule has 2 aromatic heterocycles. The minimum absolute atomic E-state index is 0.0360. The Kier molecular flexibility index (Phi) is 12.3. The van der Waals surface area contributed by atoms with Crippen LogP contribution in [0.15, 0.2) is 67.9 Å². The van der Waals surface area contributed by atoms with Gasteiger partial charge in [-0.25, -0.2) is 0 Å². The summed E-state index contributed by atoms with van der Waals surface area (Å²) in [5.74, 6) is 0.00181. The van der Waals surface area contributed by atoms with Gasteiger partial charge in [0.25, 0.3) is 11.8 Å². The van der Waals surface area contributed by atoms with E-state index in [9.17, 15) is 35.9 Å². The molecule has 2 aromatic carbocycles. The molecule has 0 atom stereocenters. The first kappa shape index (κ1) is 35.8. The quantitative estimate of drug-likeness (QED) is 0.0619. The zero-order valence-corrected chi connectivity index (χ0v) is 23.7. The Bertz CT molecular complexity index is 1690. The fraction of sp³-hybridized carbons (Fsp3) is 0.143. The van der Waals surface area contributed by atoms with E-state index in [0.29, 0.717) is 0 Å². The maximum absolute atomic E-state index is 12.4. The van der Waals surface area contributed by atoms with Crippen molar-refractivity contribution in [3.8, 4) is 47.5 Å². The van der Waals surface area contributed by atoms with Crippen molar-refractivity contribution in [2.75, 3.05) is 13.2 Å². The molecule has 0 aliphatic rings. The number of carbonyl (C=O) groups excluding carboxylic acids is 2. The number of nitrogens with one attached hydrogen (secondary N) is 2. The van der Waals surface area contributed by atoms with Crippen molar-refractivity contribution in [3.05, 3.63) is 71.4 Å². The van der Waals surface area contributed by atoms with Gasteiger partial charge >= 0.3 is 24.1 Å². The van der Waals surface area contributed by atoms with Crippen molar-refractivity contribution in [2.45, 2.75) is 12.4 Å². The largest absolute Gasteiger partial charge is 0.471 e. The molecule has 20 heteroatoms. The number of benzene rings is 2. The minimum Gasteiger partial charge on any atom is -0.381 e. The van der Waals surface area contributed by atoms with Gasteiger partial charge in [-0.3, -0.25) is 9.59 Å². The monoisotopic (exact) mass is 676 g/mol. The highest BCUT2D eigenvalue weighted by molar-refractivity contribution is 6.01. The summed E-state index contributed by atoms with van der Waals surface area (Å²) < 4.78 is 82.7. The van der Waals surface area contributed by atoms with Crippen LogP contribution in [0.5, 0.6) is 0 Å². The number of halogens is 6. The van der Waals surface area contributed by atoms with Crippen molar-refractivity contribution < 1.29 is 54.7 Å². The maximum atomic E-state index is 12.4. The molecule has 2 N–H and O–H groups in total. The Balaban J connectivity index is 0.000000260. The second-order valence-corrected chi connectivity index (χ2v) is 8.37. The zero-order chi connectivity index (χ0) is 35.2. The number of terminal acetylenes is 2. The molecule has 0 bridgehead atoms. The molecule has 2 heterocycles. The van der Waals surface area contributed by atoms with E-state index in [0.717, 1.165) is 12.7 Å². The predicted molar refractivity (Wildman–Crippen MR) is 151 cm³/mol. The third-order valence-corrected chi connectivity index (χ3v) is 5.09. The Morgan fingerprint density at radius 2 is 1.06 bits per heavy atom. The van der Waals surface area contributed by atoms with Gasteiger partial charge in [-0.05, 0) is 24.3 Å². The van der Waals surface area contributed by atoms with E-state index in [1.165, 1.54) is 48.5 Å². The Morgan fingerprint density at radius 1 is 0.708 bits per heavy atom. The van der Waals surface area contributed by atoms with E-state index in [1.807, 2.05) is 0 Å². The van der Waals surface area contributed by atoms with Crippen LogP contribution in [-0.4, -0.2) is 58.0 Å². The number of nitrogens with zero attached hydrogens (tertiary/aromatic N) is 6. The first-order chi connectivity index (χ1) is 22.8. The van der Waals surface area contributed by atoms with E-state index >= 15 is 0 Å². The Labute approximate surface area is 265 Å². The van der Waals surface area contributed by atoms with Crippen molar-refractivity contribution >= 4 is 24.5 Å². The molecule has 0 aliphatic carbocycles. The summed E-state index contributed by atoms with van der Waals surface area (Å²) in [4.78, 5) is 39.2. The highest BCUT2D eigenvalue weighted by Crippen LogP contribution is 2.30. The summed E-state index contributed by atoms with van der Waals surface area (Å²) in [7, 11) is 0. The third-order valence-electron chi connectivity index (χ3n) is 5.09. The number of hydrogen-bond donors (Lipinski definition) is 2. The van der Waals surface area contributed by atoms with E-state index in [1.54, 1.807) is 0 Å². The number of rotatable bonds is 10. The van der Waals surface area contributed by atoms with Gasteiger partial charge in [0.15, 0.2) is 13.2 Å². The fourth-order valence-electron chi connectivity index (χ4n) is 3.01. The summed E-state index contributed by atoms with van der Waals surface area (Å²) in [5.41, 5.74) is 0.997. The van der Waals surface area contributed by atoms with Gasteiger partial charge in [-0.15, -0.1) is 12.8 Å². The van der Waals surface area contributed by atoms with Crippen LogP contribution in [0.1, 0.15) is 32.5 Å². The lowest BCUT2D eigenvalue weighted by atomic mass is 10.1. The maximum Gasteiger partial charge on any atom is 0.471 e. The molecule has 0 fully saturated rings. The normalized spacial score (nSPS) is 11.2. The van der Waals surface area contributed by atoms with Crippen molar-refractivity contribution in [3.63, 3.8) is 0 Å². The van der Waals surface area contributed by atoms with Crippen LogP contribution in [0, 0.1) is 24.7 Å². The lowest BCUT2D eigenvalue weighted by Crippen LogP contribution is -2.21. The lowest BCUT2D eigenvalue weighted by molar-refractivity contribution is -0.160. The van der Waals surface area contributed by atoms with E-state index in [2.05, 4.69) is 71.8 Å². The van der Waals surface area contributed by atoms with Gasteiger partial charge in [0, 0.05) is 22.3 Å². The first-order valence-electron chi connectivity index (χ1n) is 12.6. The highest BCUT2D eigenvalue weighted by Gasteiger charge is 2.39. The summed E-state index contributed by atoms with van der Waals surface area (Å²) in [6.07, 6.45) is 2.47. The average Bonchev–Trinajstić information content (AvgIpc) is 3.77. The SMILES string of the molecule is C#CCO/N=C/NC(=O)c1ccc(-c2noc(C(F)(F)F)n2)cc1.C#CCO/N=C\NC(=O)c1ccc(-c2noc(C(F)(F)F)n2)cc1. The molecule has 0 saturated heterocycles. The second kappa shape index (κ2) is 16.6. The topological polar surface area (TPSA) is 179 Å². The summed E-state index contributed by atoms with van der Waals surface area (Å²) in [6.45, 7) is -0.0721. The Hall–Kier alpha value is -6.70. The predicted octanol–water partition coefficient (Wildman–Crippen LogP) is 4.16. The van der Waals surface area contributed by atoms with Gasteiger partial charge in [-0.1, -0.05) is 56.7 Å². The molecular weight excluding hydrogens is 658 g/mol. The molecule has 0 radical (unpaired) electrons. The van der Waals surface area contributed by atoms with Gasteiger partial charge in [0.2, 0.25) is 11.6 Å². The third kappa shape index (κ3) is 10.7. The van der Waals surface area contributed by atoms with Crippen LogP contribution in [0.3, 0.4) is 0 Å². The molecule has 0 aliphatic heterocycles. The van der Waals surface area contributed by atoms with Crippen LogP contribution < -0.4 is 10.6 Å². The second-order valence-electron chi connectivity index (χ2n) is 8.37. The Morgan fingerprint density at radius 3 is 1.35 bits per heavy atom. The number of amides is 2. The number of aromatic nitrogens is 4. The van der Waals surface area contributed by atoms with Gasteiger partial charge in [-0.2, -0.15) is 36.3 Å².